The molecule has 0 fully saturated rings. The van der Waals surface area contributed by atoms with Crippen LogP contribution in [0.5, 0.6) is 0 Å². The first-order chi connectivity index (χ1) is 8.72. The van der Waals surface area contributed by atoms with Crippen molar-refractivity contribution < 1.29 is 5.21 Å². The molecule has 2 heterocycles. The third-order valence-corrected chi connectivity index (χ3v) is 4.57. The van der Waals surface area contributed by atoms with Gasteiger partial charge in [0.1, 0.15) is 5.69 Å². The summed E-state index contributed by atoms with van der Waals surface area (Å²) in [6.07, 6.45) is 3.48. The van der Waals surface area contributed by atoms with Gasteiger partial charge in [-0.3, -0.25) is 0 Å². The molecule has 0 spiro atoms. The molecule has 0 saturated carbocycles. The van der Waals surface area contributed by atoms with Crippen LogP contribution in [-0.4, -0.2) is 37.5 Å². The third-order valence-electron chi connectivity index (χ3n) is 1.74. The van der Waals surface area contributed by atoms with E-state index in [9.17, 15) is 0 Å². The second-order valence-corrected chi connectivity index (χ2v) is 6.10. The quantitative estimate of drug-likeness (QED) is 0.217. The summed E-state index contributed by atoms with van der Waals surface area (Å²) in [6.45, 7) is 0. The number of nitrogens with two attached hydrogens (primary N) is 1. The van der Waals surface area contributed by atoms with E-state index in [1.54, 1.807) is 12.3 Å². The fourth-order valence-electron chi connectivity index (χ4n) is 0.983. The SMILES string of the molecule is CSc1nnc(Sc2nccc(/C(N)=N/O)n2)s1. The molecule has 0 atom stereocenters. The minimum atomic E-state index is -0.0543. The number of hydrogen-bond acceptors (Lipinski definition) is 9. The molecule has 2 aromatic heterocycles. The van der Waals surface area contributed by atoms with Crippen molar-refractivity contribution in [1.29, 1.82) is 0 Å². The zero-order valence-electron chi connectivity index (χ0n) is 9.14. The first-order valence-electron chi connectivity index (χ1n) is 4.59. The van der Waals surface area contributed by atoms with Gasteiger partial charge >= 0.3 is 0 Å². The van der Waals surface area contributed by atoms with Crippen LogP contribution in [0.25, 0.3) is 0 Å². The molecule has 0 aliphatic heterocycles. The van der Waals surface area contributed by atoms with Gasteiger partial charge in [0.2, 0.25) is 0 Å². The summed E-state index contributed by atoms with van der Waals surface area (Å²) >= 11 is 4.27. The van der Waals surface area contributed by atoms with E-state index < -0.39 is 0 Å². The second-order valence-electron chi connectivity index (χ2n) is 2.85. The Labute approximate surface area is 115 Å². The topological polar surface area (TPSA) is 110 Å². The smallest absolute Gasteiger partial charge is 0.195 e. The highest BCUT2D eigenvalue weighted by atomic mass is 32.2. The van der Waals surface area contributed by atoms with Crippen LogP contribution in [0, 0.1) is 0 Å². The van der Waals surface area contributed by atoms with Gasteiger partial charge in [-0.05, 0) is 24.1 Å². The van der Waals surface area contributed by atoms with Gasteiger partial charge in [-0.25, -0.2) is 9.97 Å². The lowest BCUT2D eigenvalue weighted by atomic mass is 10.4. The lowest BCUT2D eigenvalue weighted by molar-refractivity contribution is 0.318. The van der Waals surface area contributed by atoms with Crippen molar-refractivity contribution in [1.82, 2.24) is 20.2 Å². The summed E-state index contributed by atoms with van der Waals surface area (Å²) < 4.78 is 1.63. The molecule has 94 valence electrons. The monoisotopic (exact) mass is 300 g/mol. The highest BCUT2D eigenvalue weighted by Crippen LogP contribution is 2.30. The fraction of sp³-hybridized carbons (Fsp3) is 0.125. The van der Waals surface area contributed by atoms with Gasteiger partial charge < -0.3 is 10.9 Å². The van der Waals surface area contributed by atoms with Gasteiger partial charge in [0, 0.05) is 6.20 Å². The molecule has 0 aromatic carbocycles. The Morgan fingerprint density at radius 2 is 2.22 bits per heavy atom. The van der Waals surface area contributed by atoms with Crippen molar-refractivity contribution in [2.75, 3.05) is 6.26 Å². The molecular formula is C8H8N6OS3. The number of hydrogen-bond donors (Lipinski definition) is 2. The standard InChI is InChI=1S/C8H8N6OS3/c1-16-7-12-13-8(18-7)17-6-10-3-2-4(11-6)5(9)14-15/h2-3,15H,1H3,(H2,9,14). The van der Waals surface area contributed by atoms with Crippen LogP contribution >= 0.6 is 34.9 Å². The number of rotatable bonds is 4. The zero-order chi connectivity index (χ0) is 13.0. The largest absolute Gasteiger partial charge is 0.409 e. The lowest BCUT2D eigenvalue weighted by Gasteiger charge is -1.99. The fourth-order valence-corrected chi connectivity index (χ4v) is 3.27. The number of nitrogens with zero attached hydrogens (tertiary/aromatic N) is 5. The molecule has 2 rings (SSSR count). The Morgan fingerprint density at radius 3 is 2.89 bits per heavy atom. The van der Waals surface area contributed by atoms with Crippen molar-refractivity contribution in [3.8, 4) is 0 Å². The summed E-state index contributed by atoms with van der Waals surface area (Å²) in [4.78, 5) is 8.22. The van der Waals surface area contributed by atoms with Crippen LogP contribution in [0.2, 0.25) is 0 Å². The molecule has 0 unspecified atom stereocenters. The number of amidine groups is 1. The van der Waals surface area contributed by atoms with Gasteiger partial charge in [-0.1, -0.05) is 28.3 Å². The first kappa shape index (κ1) is 13.1. The van der Waals surface area contributed by atoms with Crippen molar-refractivity contribution in [2.24, 2.45) is 10.9 Å². The number of oxime groups is 1. The van der Waals surface area contributed by atoms with E-state index in [0.29, 0.717) is 10.9 Å². The minimum absolute atomic E-state index is 0.0543. The van der Waals surface area contributed by atoms with E-state index >= 15 is 0 Å². The van der Waals surface area contributed by atoms with Gasteiger partial charge in [-0.2, -0.15) is 0 Å². The predicted molar refractivity (Wildman–Crippen MR) is 70.4 cm³/mol. The van der Waals surface area contributed by atoms with E-state index in [0.717, 1.165) is 8.68 Å². The van der Waals surface area contributed by atoms with E-state index in [2.05, 4.69) is 25.3 Å². The molecule has 0 aliphatic rings. The normalized spacial score (nSPS) is 11.7. The highest BCUT2D eigenvalue weighted by molar-refractivity contribution is 8.02. The second kappa shape index (κ2) is 5.98. The van der Waals surface area contributed by atoms with E-state index in [-0.39, 0.29) is 5.84 Å². The Kier molecular flexibility index (Phi) is 4.33. The van der Waals surface area contributed by atoms with Crippen LogP contribution < -0.4 is 5.73 Å². The molecule has 18 heavy (non-hydrogen) atoms. The zero-order valence-corrected chi connectivity index (χ0v) is 11.6. The maximum absolute atomic E-state index is 8.58. The molecule has 2 aromatic rings. The molecule has 0 amide bonds. The molecule has 0 saturated heterocycles. The number of thioether (sulfide) groups is 1. The Bertz CT molecular complexity index is 571. The van der Waals surface area contributed by atoms with Crippen molar-refractivity contribution in [2.45, 2.75) is 13.8 Å². The average Bonchev–Trinajstić information content (AvgIpc) is 2.86. The molecular weight excluding hydrogens is 292 g/mol. The van der Waals surface area contributed by atoms with E-state index in [4.69, 9.17) is 10.9 Å². The summed E-state index contributed by atoms with van der Waals surface area (Å²) in [5.41, 5.74) is 5.82. The van der Waals surface area contributed by atoms with E-state index in [1.165, 1.54) is 34.9 Å². The van der Waals surface area contributed by atoms with Crippen LogP contribution in [0.15, 0.2) is 31.3 Å². The molecule has 10 heteroatoms. The van der Waals surface area contributed by atoms with Crippen LogP contribution in [-0.2, 0) is 0 Å². The van der Waals surface area contributed by atoms with E-state index in [1.807, 2.05) is 6.26 Å². The van der Waals surface area contributed by atoms with Crippen LogP contribution in [0.4, 0.5) is 0 Å². The van der Waals surface area contributed by atoms with Crippen LogP contribution in [0.1, 0.15) is 5.69 Å². The van der Waals surface area contributed by atoms with Gasteiger partial charge in [0.05, 0.1) is 0 Å². The van der Waals surface area contributed by atoms with Crippen LogP contribution in [0.3, 0.4) is 0 Å². The van der Waals surface area contributed by atoms with Crippen molar-refractivity contribution in [3.63, 3.8) is 0 Å². The molecule has 0 bridgehead atoms. The van der Waals surface area contributed by atoms with Gasteiger partial charge in [0.15, 0.2) is 19.7 Å². The van der Waals surface area contributed by atoms with Crippen molar-refractivity contribution in [3.05, 3.63) is 18.0 Å². The third kappa shape index (κ3) is 3.09. The maximum Gasteiger partial charge on any atom is 0.195 e. The first-order valence-corrected chi connectivity index (χ1v) is 7.45. The Morgan fingerprint density at radius 1 is 1.44 bits per heavy atom. The Hall–Kier alpha value is -1.39. The average molecular weight is 300 g/mol. The maximum atomic E-state index is 8.58. The summed E-state index contributed by atoms with van der Waals surface area (Å²) in [5.74, 6) is -0.0543. The summed E-state index contributed by atoms with van der Waals surface area (Å²) in [7, 11) is 0. The highest BCUT2D eigenvalue weighted by Gasteiger charge is 2.09. The summed E-state index contributed by atoms with van der Waals surface area (Å²) in [5, 5.41) is 19.9. The summed E-state index contributed by atoms with van der Waals surface area (Å²) in [6, 6.07) is 1.56. The van der Waals surface area contributed by atoms with Gasteiger partial charge in [0.25, 0.3) is 0 Å². The van der Waals surface area contributed by atoms with Gasteiger partial charge in [-0.15, -0.1) is 10.2 Å². The molecule has 7 nitrogen and oxygen atoms in total. The number of aromatic nitrogens is 4. The Balaban J connectivity index is 2.19. The molecule has 0 radical (unpaired) electrons. The molecule has 0 aliphatic carbocycles. The van der Waals surface area contributed by atoms with Crippen molar-refractivity contribution >= 4 is 40.7 Å². The lowest BCUT2D eigenvalue weighted by Crippen LogP contribution is -2.15. The predicted octanol–water partition coefficient (Wildman–Crippen LogP) is 1.30. The minimum Gasteiger partial charge on any atom is -0.409 e. The molecule has 3 N–H and O–H groups in total.